The van der Waals surface area contributed by atoms with E-state index in [4.69, 9.17) is 9.47 Å². The summed E-state index contributed by atoms with van der Waals surface area (Å²) in [7, 11) is 1.67. The number of benzene rings is 1. The van der Waals surface area contributed by atoms with Crippen LogP contribution in [-0.4, -0.2) is 48.5 Å². The number of rotatable bonds is 9. The van der Waals surface area contributed by atoms with Gasteiger partial charge in [-0.3, -0.25) is 4.90 Å². The van der Waals surface area contributed by atoms with E-state index in [1.54, 1.807) is 7.11 Å². The van der Waals surface area contributed by atoms with Gasteiger partial charge in [0.05, 0.1) is 25.9 Å². The van der Waals surface area contributed by atoms with Gasteiger partial charge in [0.25, 0.3) is 0 Å². The highest BCUT2D eigenvalue weighted by molar-refractivity contribution is 5.28. The number of hydrogen-bond acceptors (Lipinski definition) is 4. The molecule has 0 aliphatic carbocycles. The van der Waals surface area contributed by atoms with Crippen LogP contribution in [0.4, 0.5) is 0 Å². The lowest BCUT2D eigenvalue weighted by Gasteiger charge is -2.29. The summed E-state index contributed by atoms with van der Waals surface area (Å²) in [6, 6.07) is 8.39. The van der Waals surface area contributed by atoms with Gasteiger partial charge in [-0.05, 0) is 45.4 Å². The van der Waals surface area contributed by atoms with Gasteiger partial charge in [-0.25, -0.2) is 0 Å². The lowest BCUT2D eigenvalue weighted by Crippen LogP contribution is -2.39. The molecule has 0 heterocycles. The van der Waals surface area contributed by atoms with Crippen LogP contribution in [0, 0.1) is 0 Å². The SMILES string of the molecule is COc1cccc(CN(C[C@@H](O)COC(C)C)C(C)C)c1. The molecule has 1 atom stereocenters. The summed E-state index contributed by atoms with van der Waals surface area (Å²) in [6.45, 7) is 9.98. The Labute approximate surface area is 128 Å². The Bertz CT molecular complexity index is 407. The summed E-state index contributed by atoms with van der Waals surface area (Å²) < 4.78 is 10.7. The molecule has 120 valence electrons. The molecule has 4 nitrogen and oxygen atoms in total. The molecule has 1 aromatic rings. The first-order valence-corrected chi connectivity index (χ1v) is 7.59. The zero-order valence-electron chi connectivity index (χ0n) is 13.9. The molecule has 0 bridgehead atoms. The van der Waals surface area contributed by atoms with Gasteiger partial charge in [-0.2, -0.15) is 0 Å². The fraction of sp³-hybridized carbons (Fsp3) is 0.647. The highest BCUT2D eigenvalue weighted by atomic mass is 16.5. The average Bonchev–Trinajstić information content (AvgIpc) is 2.44. The van der Waals surface area contributed by atoms with Gasteiger partial charge in [-0.15, -0.1) is 0 Å². The molecule has 0 aliphatic rings. The van der Waals surface area contributed by atoms with Crippen molar-refractivity contribution in [2.45, 2.75) is 52.5 Å². The predicted molar refractivity (Wildman–Crippen MR) is 85.6 cm³/mol. The fourth-order valence-corrected chi connectivity index (χ4v) is 2.09. The van der Waals surface area contributed by atoms with Crippen LogP contribution in [0.5, 0.6) is 5.75 Å². The third-order valence-electron chi connectivity index (χ3n) is 3.32. The second-order valence-corrected chi connectivity index (χ2v) is 5.91. The van der Waals surface area contributed by atoms with Crippen LogP contribution in [0.25, 0.3) is 0 Å². The molecule has 0 saturated carbocycles. The molecule has 0 aromatic heterocycles. The standard InChI is InChI=1S/C17H29NO3/c1-13(2)18(11-16(19)12-21-14(3)4)10-15-7-6-8-17(9-15)20-5/h6-9,13-14,16,19H,10-12H2,1-5H3/t16-/m1/s1. The number of nitrogens with zero attached hydrogens (tertiary/aromatic N) is 1. The number of ether oxygens (including phenoxy) is 2. The zero-order valence-corrected chi connectivity index (χ0v) is 13.9. The summed E-state index contributed by atoms with van der Waals surface area (Å²) >= 11 is 0. The van der Waals surface area contributed by atoms with Crippen molar-refractivity contribution < 1.29 is 14.6 Å². The summed E-state index contributed by atoms with van der Waals surface area (Å²) in [6.07, 6.45) is -0.328. The molecule has 0 aliphatic heterocycles. The van der Waals surface area contributed by atoms with E-state index in [1.807, 2.05) is 32.0 Å². The van der Waals surface area contributed by atoms with Gasteiger partial charge in [0.15, 0.2) is 0 Å². The molecule has 21 heavy (non-hydrogen) atoms. The van der Waals surface area contributed by atoms with Crippen molar-refractivity contribution in [2.75, 3.05) is 20.3 Å². The third kappa shape index (κ3) is 6.93. The molecule has 1 N–H and O–H groups in total. The van der Waals surface area contributed by atoms with Gasteiger partial charge in [0.1, 0.15) is 5.75 Å². The minimum absolute atomic E-state index is 0.144. The Kier molecular flexibility index (Phi) is 7.72. The Morgan fingerprint density at radius 3 is 2.48 bits per heavy atom. The van der Waals surface area contributed by atoms with Crippen LogP contribution >= 0.6 is 0 Å². The highest BCUT2D eigenvalue weighted by Crippen LogP contribution is 2.16. The predicted octanol–water partition coefficient (Wildman–Crippen LogP) is 2.69. The Morgan fingerprint density at radius 1 is 1.19 bits per heavy atom. The maximum atomic E-state index is 10.1. The topological polar surface area (TPSA) is 41.9 Å². The van der Waals surface area contributed by atoms with Crippen molar-refractivity contribution >= 4 is 0 Å². The zero-order chi connectivity index (χ0) is 15.8. The van der Waals surface area contributed by atoms with E-state index in [0.717, 1.165) is 12.3 Å². The number of aliphatic hydroxyl groups is 1. The molecular weight excluding hydrogens is 266 g/mol. The molecular formula is C17H29NO3. The summed E-state index contributed by atoms with van der Waals surface area (Å²) in [4.78, 5) is 2.24. The van der Waals surface area contributed by atoms with Crippen molar-refractivity contribution in [1.29, 1.82) is 0 Å². The molecule has 0 saturated heterocycles. The Morgan fingerprint density at radius 2 is 1.90 bits per heavy atom. The van der Waals surface area contributed by atoms with Crippen LogP contribution in [0.2, 0.25) is 0 Å². The lowest BCUT2D eigenvalue weighted by atomic mass is 10.1. The van der Waals surface area contributed by atoms with Crippen LogP contribution in [0.1, 0.15) is 33.3 Å². The smallest absolute Gasteiger partial charge is 0.119 e. The van der Waals surface area contributed by atoms with E-state index in [2.05, 4.69) is 24.8 Å². The van der Waals surface area contributed by atoms with Crippen molar-refractivity contribution in [3.05, 3.63) is 29.8 Å². The van der Waals surface area contributed by atoms with Crippen molar-refractivity contribution in [2.24, 2.45) is 0 Å². The van der Waals surface area contributed by atoms with Gasteiger partial charge in [-0.1, -0.05) is 12.1 Å². The Hall–Kier alpha value is -1.10. The van der Waals surface area contributed by atoms with Crippen LogP contribution < -0.4 is 4.74 Å². The second kappa shape index (κ2) is 9.03. The lowest BCUT2D eigenvalue weighted by molar-refractivity contribution is -0.0136. The van der Waals surface area contributed by atoms with E-state index >= 15 is 0 Å². The van der Waals surface area contributed by atoms with E-state index in [0.29, 0.717) is 19.2 Å². The van der Waals surface area contributed by atoms with E-state index < -0.39 is 6.10 Å². The number of hydrogen-bond donors (Lipinski definition) is 1. The van der Waals surface area contributed by atoms with Crippen molar-refractivity contribution in [3.63, 3.8) is 0 Å². The summed E-state index contributed by atoms with van der Waals surface area (Å²) in [5.41, 5.74) is 1.18. The molecule has 4 heteroatoms. The maximum absolute atomic E-state index is 10.1. The van der Waals surface area contributed by atoms with Gasteiger partial charge < -0.3 is 14.6 Å². The van der Waals surface area contributed by atoms with Crippen LogP contribution in [0.3, 0.4) is 0 Å². The summed E-state index contributed by atoms with van der Waals surface area (Å²) in [5.74, 6) is 0.861. The van der Waals surface area contributed by atoms with Crippen molar-refractivity contribution in [1.82, 2.24) is 4.90 Å². The quantitative estimate of drug-likeness (QED) is 0.760. The summed E-state index contributed by atoms with van der Waals surface area (Å²) in [5, 5.41) is 10.1. The molecule has 1 aromatic carbocycles. The first-order valence-electron chi connectivity index (χ1n) is 7.59. The minimum Gasteiger partial charge on any atom is -0.497 e. The normalized spacial score (nSPS) is 13.2. The first-order chi connectivity index (χ1) is 9.92. The molecule has 0 unspecified atom stereocenters. The van der Waals surface area contributed by atoms with Crippen LogP contribution in [0.15, 0.2) is 24.3 Å². The van der Waals surface area contributed by atoms with E-state index in [-0.39, 0.29) is 6.10 Å². The number of aliphatic hydroxyl groups excluding tert-OH is 1. The Balaban J connectivity index is 2.60. The molecule has 1 rings (SSSR count). The third-order valence-corrected chi connectivity index (χ3v) is 3.32. The minimum atomic E-state index is -0.472. The average molecular weight is 295 g/mol. The number of methoxy groups -OCH3 is 1. The van der Waals surface area contributed by atoms with Gasteiger partial charge in [0.2, 0.25) is 0 Å². The largest absolute Gasteiger partial charge is 0.497 e. The maximum Gasteiger partial charge on any atom is 0.119 e. The van der Waals surface area contributed by atoms with Crippen LogP contribution in [-0.2, 0) is 11.3 Å². The first kappa shape index (κ1) is 18.0. The second-order valence-electron chi connectivity index (χ2n) is 5.91. The monoisotopic (exact) mass is 295 g/mol. The molecule has 0 amide bonds. The van der Waals surface area contributed by atoms with Gasteiger partial charge in [0, 0.05) is 19.1 Å². The molecule has 0 fully saturated rings. The van der Waals surface area contributed by atoms with Crippen molar-refractivity contribution in [3.8, 4) is 5.75 Å². The fourth-order valence-electron chi connectivity index (χ4n) is 2.09. The molecule has 0 spiro atoms. The van der Waals surface area contributed by atoms with Gasteiger partial charge >= 0.3 is 0 Å². The van der Waals surface area contributed by atoms with E-state index in [9.17, 15) is 5.11 Å². The van der Waals surface area contributed by atoms with E-state index in [1.165, 1.54) is 5.56 Å². The highest BCUT2D eigenvalue weighted by Gasteiger charge is 2.16. The molecule has 0 radical (unpaired) electrons.